The Morgan fingerprint density at radius 1 is 1.15 bits per heavy atom. The van der Waals surface area contributed by atoms with Crippen molar-refractivity contribution in [2.45, 2.75) is 28.7 Å². The predicted molar refractivity (Wildman–Crippen MR) is 73.3 cm³/mol. The maximum absolute atomic E-state index is 13.1. The first-order valence-electron chi connectivity index (χ1n) is 6.39. The van der Waals surface area contributed by atoms with Gasteiger partial charge in [-0.3, -0.25) is 0 Å². The molecule has 7 heteroatoms. The van der Waals surface area contributed by atoms with Crippen molar-refractivity contribution in [3.63, 3.8) is 0 Å². The van der Waals surface area contributed by atoms with Gasteiger partial charge < -0.3 is 4.90 Å². The number of anilines is 1. The number of halogens is 2. The van der Waals surface area contributed by atoms with Gasteiger partial charge in [0.05, 0.1) is 6.20 Å². The maximum Gasteiger partial charge on any atom is 0.251 e. The fraction of sp³-hybridized carbons (Fsp3) is 0.385. The number of piperidine rings is 1. The molecule has 0 unspecified atom stereocenters. The Morgan fingerprint density at radius 2 is 1.85 bits per heavy atom. The van der Waals surface area contributed by atoms with Crippen molar-refractivity contribution in [2.75, 3.05) is 18.0 Å². The van der Waals surface area contributed by atoms with Gasteiger partial charge in [-0.05, 0) is 24.3 Å². The summed E-state index contributed by atoms with van der Waals surface area (Å²) in [6.45, 7) is 0.811. The van der Waals surface area contributed by atoms with Crippen molar-refractivity contribution in [3.05, 3.63) is 30.5 Å². The lowest BCUT2D eigenvalue weighted by molar-refractivity contribution is -0.0220. The van der Waals surface area contributed by atoms with Crippen LogP contribution in [0.4, 0.5) is 14.5 Å². The van der Waals surface area contributed by atoms with Gasteiger partial charge >= 0.3 is 0 Å². The summed E-state index contributed by atoms with van der Waals surface area (Å²) in [6.07, 6.45) is 1.52. The molecule has 1 aromatic carbocycles. The van der Waals surface area contributed by atoms with E-state index in [1.165, 1.54) is 11.8 Å². The van der Waals surface area contributed by atoms with Crippen molar-refractivity contribution >= 4 is 17.4 Å². The highest BCUT2D eigenvalue weighted by Crippen LogP contribution is 2.32. The molecule has 0 saturated carbocycles. The van der Waals surface area contributed by atoms with Crippen molar-refractivity contribution in [1.82, 2.24) is 15.4 Å². The van der Waals surface area contributed by atoms with Gasteiger partial charge in [0.2, 0.25) is 0 Å². The molecule has 1 N–H and O–H groups in total. The molecule has 0 bridgehead atoms. The lowest BCUT2D eigenvalue weighted by Crippen LogP contribution is -2.39. The number of nitrogens with one attached hydrogen (secondary N) is 1. The number of hydrogen-bond donors (Lipinski definition) is 1. The van der Waals surface area contributed by atoms with Gasteiger partial charge in [-0.2, -0.15) is 10.3 Å². The first-order valence-corrected chi connectivity index (χ1v) is 7.20. The normalized spacial score (nSPS) is 18.2. The first kappa shape index (κ1) is 13.4. The number of alkyl halides is 2. The molecule has 1 saturated heterocycles. The van der Waals surface area contributed by atoms with Crippen LogP contribution in [-0.4, -0.2) is 34.4 Å². The van der Waals surface area contributed by atoms with Gasteiger partial charge in [-0.15, -0.1) is 5.10 Å². The summed E-state index contributed by atoms with van der Waals surface area (Å²) in [6, 6.07) is 7.88. The molecule has 2 heterocycles. The lowest BCUT2D eigenvalue weighted by atomic mass is 10.1. The van der Waals surface area contributed by atoms with E-state index in [-0.39, 0.29) is 12.8 Å². The Bertz CT molecular complexity index is 546. The topological polar surface area (TPSA) is 44.8 Å². The Labute approximate surface area is 119 Å². The fourth-order valence-corrected chi connectivity index (χ4v) is 2.88. The fourth-order valence-electron chi connectivity index (χ4n) is 2.18. The van der Waals surface area contributed by atoms with Crippen LogP contribution in [0.2, 0.25) is 0 Å². The number of aromatic nitrogens is 3. The highest BCUT2D eigenvalue weighted by atomic mass is 32.2. The molecule has 0 spiro atoms. The molecule has 0 atom stereocenters. The maximum atomic E-state index is 13.1. The van der Waals surface area contributed by atoms with E-state index in [0.29, 0.717) is 13.1 Å². The van der Waals surface area contributed by atoms with Gasteiger partial charge in [0.1, 0.15) is 5.03 Å². The van der Waals surface area contributed by atoms with E-state index >= 15 is 0 Å². The summed E-state index contributed by atoms with van der Waals surface area (Å²) in [5.74, 6) is -2.50. The molecule has 106 valence electrons. The van der Waals surface area contributed by atoms with E-state index in [1.807, 2.05) is 29.2 Å². The van der Waals surface area contributed by atoms with Crippen LogP contribution in [0.3, 0.4) is 0 Å². The summed E-state index contributed by atoms with van der Waals surface area (Å²) in [5.41, 5.74) is 0.991. The minimum Gasteiger partial charge on any atom is -0.371 e. The Morgan fingerprint density at radius 3 is 2.45 bits per heavy atom. The van der Waals surface area contributed by atoms with Gasteiger partial charge in [-0.1, -0.05) is 11.8 Å². The number of aromatic amines is 1. The van der Waals surface area contributed by atoms with Crippen molar-refractivity contribution < 1.29 is 8.78 Å². The Kier molecular flexibility index (Phi) is 3.60. The minimum atomic E-state index is -2.50. The van der Waals surface area contributed by atoms with Crippen LogP contribution < -0.4 is 4.90 Å². The second-order valence-electron chi connectivity index (χ2n) is 4.75. The van der Waals surface area contributed by atoms with E-state index in [9.17, 15) is 8.78 Å². The van der Waals surface area contributed by atoms with Crippen LogP contribution >= 0.6 is 11.8 Å². The van der Waals surface area contributed by atoms with E-state index in [0.717, 1.165) is 15.6 Å². The molecule has 4 nitrogen and oxygen atoms in total. The molecule has 1 aliphatic rings. The first-order chi connectivity index (χ1) is 9.62. The number of hydrogen-bond acceptors (Lipinski definition) is 4. The third-order valence-corrected chi connectivity index (χ3v) is 4.23. The second-order valence-corrected chi connectivity index (χ2v) is 5.84. The SMILES string of the molecule is FC1(F)CCN(c2ccc(Sc3cn[nH]n3)cc2)CC1. The largest absolute Gasteiger partial charge is 0.371 e. The van der Waals surface area contributed by atoms with Crippen LogP contribution in [0.1, 0.15) is 12.8 Å². The zero-order valence-corrected chi connectivity index (χ0v) is 11.5. The quantitative estimate of drug-likeness (QED) is 0.945. The molecular weight excluding hydrogens is 282 g/mol. The number of H-pyrrole nitrogens is 1. The summed E-state index contributed by atoms with van der Waals surface area (Å²) in [4.78, 5) is 3.05. The zero-order chi connectivity index (χ0) is 14.0. The minimum absolute atomic E-state index is 0.0670. The molecule has 2 aromatic rings. The van der Waals surface area contributed by atoms with Gasteiger partial charge in [-0.25, -0.2) is 8.78 Å². The van der Waals surface area contributed by atoms with Crippen LogP contribution in [0, 0.1) is 0 Å². The number of rotatable bonds is 3. The van der Waals surface area contributed by atoms with E-state index < -0.39 is 5.92 Å². The second kappa shape index (κ2) is 5.40. The van der Waals surface area contributed by atoms with Crippen LogP contribution in [0.15, 0.2) is 40.4 Å². The number of benzene rings is 1. The van der Waals surface area contributed by atoms with Gasteiger partial charge in [0, 0.05) is 36.5 Å². The van der Waals surface area contributed by atoms with E-state index in [4.69, 9.17) is 0 Å². The standard InChI is InChI=1S/C13H14F2N4S/c14-13(15)5-7-19(8-6-13)10-1-3-11(4-2-10)20-12-9-16-18-17-12/h1-4,9H,5-8H2,(H,16,17,18). The third-order valence-electron chi connectivity index (χ3n) is 3.31. The van der Waals surface area contributed by atoms with Gasteiger partial charge in [0.25, 0.3) is 5.92 Å². The summed E-state index contributed by atoms with van der Waals surface area (Å²) >= 11 is 1.51. The van der Waals surface area contributed by atoms with Crippen molar-refractivity contribution in [2.24, 2.45) is 0 Å². The molecule has 0 aliphatic carbocycles. The number of nitrogens with zero attached hydrogens (tertiary/aromatic N) is 3. The lowest BCUT2D eigenvalue weighted by Gasteiger charge is -2.33. The Balaban J connectivity index is 1.64. The van der Waals surface area contributed by atoms with Crippen LogP contribution in [0.25, 0.3) is 0 Å². The van der Waals surface area contributed by atoms with E-state index in [1.54, 1.807) is 6.20 Å². The smallest absolute Gasteiger partial charge is 0.251 e. The summed E-state index contributed by atoms with van der Waals surface area (Å²) in [5, 5.41) is 11.1. The Hall–Kier alpha value is -1.63. The van der Waals surface area contributed by atoms with Crippen molar-refractivity contribution in [3.8, 4) is 0 Å². The van der Waals surface area contributed by atoms with E-state index in [2.05, 4.69) is 15.4 Å². The highest BCUT2D eigenvalue weighted by Gasteiger charge is 2.33. The molecule has 0 amide bonds. The van der Waals surface area contributed by atoms with Crippen LogP contribution in [-0.2, 0) is 0 Å². The average molecular weight is 296 g/mol. The average Bonchev–Trinajstić information content (AvgIpc) is 2.93. The molecule has 1 aliphatic heterocycles. The molecule has 20 heavy (non-hydrogen) atoms. The molecule has 1 fully saturated rings. The third kappa shape index (κ3) is 3.09. The molecule has 3 rings (SSSR count). The molecular formula is C13H14F2N4S. The zero-order valence-electron chi connectivity index (χ0n) is 10.7. The monoisotopic (exact) mass is 296 g/mol. The predicted octanol–water partition coefficient (Wildman–Crippen LogP) is 3.19. The summed E-state index contributed by atoms with van der Waals surface area (Å²) in [7, 11) is 0. The van der Waals surface area contributed by atoms with Gasteiger partial charge in [0.15, 0.2) is 0 Å². The molecule has 0 radical (unpaired) electrons. The van der Waals surface area contributed by atoms with Crippen LogP contribution in [0.5, 0.6) is 0 Å². The van der Waals surface area contributed by atoms with Crippen molar-refractivity contribution in [1.29, 1.82) is 0 Å². The highest BCUT2D eigenvalue weighted by molar-refractivity contribution is 7.99. The summed E-state index contributed by atoms with van der Waals surface area (Å²) < 4.78 is 26.2. The molecule has 1 aromatic heterocycles.